The molecule has 0 unspecified atom stereocenters. The summed E-state index contributed by atoms with van der Waals surface area (Å²) in [5.41, 5.74) is 11.1. The predicted octanol–water partition coefficient (Wildman–Crippen LogP) is 9.70. The van der Waals surface area contributed by atoms with Crippen molar-refractivity contribution in [1.82, 2.24) is 0 Å². The molecule has 0 spiro atoms. The number of phenols is 2. The van der Waals surface area contributed by atoms with E-state index in [2.05, 4.69) is 78.9 Å². The van der Waals surface area contributed by atoms with Gasteiger partial charge in [-0.05, 0) is 47.9 Å². The van der Waals surface area contributed by atoms with Crippen molar-refractivity contribution in [2.45, 2.75) is 131 Å². The first-order valence-corrected chi connectivity index (χ1v) is 20.1. The zero-order valence-corrected chi connectivity index (χ0v) is 33.8. The van der Waals surface area contributed by atoms with Crippen molar-refractivity contribution in [3.63, 3.8) is 0 Å². The van der Waals surface area contributed by atoms with E-state index in [1.54, 1.807) is 44.8 Å². The maximum Gasteiger partial charge on any atom is 2.00 e. The van der Waals surface area contributed by atoms with Crippen molar-refractivity contribution in [2.24, 2.45) is 0 Å². The quantitative estimate of drug-likeness (QED) is 0.161. The first kappa shape index (κ1) is 38.3. The summed E-state index contributed by atoms with van der Waals surface area (Å²) in [7, 11) is -1.49. The Kier molecular flexibility index (Phi) is 12.8. The first-order valence-electron chi connectivity index (χ1n) is 17.1. The SMILES string of the molecule is C[Si](C)(c1cc2c([cH-]1)CCCC2)c1cc2c([cH-]1)CCCC2.Cc1ccc(O)c(C(C)(C)C)c1.Cc1ccc(O)c(C(C)(C)C)c1.[Zr+2]. The number of rotatable bonds is 2. The normalized spacial score (nSPS) is 14.5. The molecule has 2 nitrogen and oxygen atoms in total. The minimum Gasteiger partial charge on any atom is -0.508 e. The summed E-state index contributed by atoms with van der Waals surface area (Å²) < 4.78 is 0. The molecule has 2 aliphatic rings. The predicted molar refractivity (Wildman–Crippen MR) is 197 cm³/mol. The summed E-state index contributed by atoms with van der Waals surface area (Å²) >= 11 is 0. The van der Waals surface area contributed by atoms with Crippen LogP contribution in [-0.4, -0.2) is 18.3 Å². The summed E-state index contributed by atoms with van der Waals surface area (Å²) in [6.45, 7) is 21.8. The maximum absolute atomic E-state index is 9.57. The molecule has 0 amide bonds. The molecule has 0 saturated heterocycles. The van der Waals surface area contributed by atoms with Crippen LogP contribution in [0, 0.1) is 13.8 Å². The van der Waals surface area contributed by atoms with E-state index < -0.39 is 8.07 Å². The fourth-order valence-electron chi connectivity index (χ4n) is 6.79. The van der Waals surface area contributed by atoms with Gasteiger partial charge in [0.2, 0.25) is 0 Å². The largest absolute Gasteiger partial charge is 2.00 e. The molecule has 0 radical (unpaired) electrons. The van der Waals surface area contributed by atoms with Gasteiger partial charge in [-0.1, -0.05) is 141 Å². The summed E-state index contributed by atoms with van der Waals surface area (Å²) in [4.78, 5) is 0. The van der Waals surface area contributed by atoms with Gasteiger partial charge in [-0.3, -0.25) is 0 Å². The standard InChI is InChI=1S/C20H26Si.2C11H16O.Zr/c1-21(2,19-11-15-7-3-4-8-16(15)12-19)20-13-17-9-5-6-10-18(17)14-20;2*1-8-5-6-10(12)9(7-8)11(2,3)4;/h11-14H,3-10H2,1-2H3;2*5-7,12H,1-4H3;/q-2;;;+2. The average molecular weight is 714 g/mol. The van der Waals surface area contributed by atoms with Gasteiger partial charge in [-0.15, -0.1) is 0 Å². The second-order valence-electron chi connectivity index (χ2n) is 16.2. The number of fused-ring (bicyclic) bond motifs is 2. The molecule has 0 aromatic heterocycles. The summed E-state index contributed by atoms with van der Waals surface area (Å²) in [6.07, 6.45) is 10.8. The molecule has 0 bridgehead atoms. The van der Waals surface area contributed by atoms with E-state index in [1.165, 1.54) is 62.5 Å². The fourth-order valence-corrected chi connectivity index (χ4v) is 9.26. The van der Waals surface area contributed by atoms with Crippen LogP contribution in [-0.2, 0) is 62.7 Å². The van der Waals surface area contributed by atoms with E-state index in [1.807, 2.05) is 38.1 Å². The third-order valence-corrected chi connectivity index (χ3v) is 13.3. The summed E-state index contributed by atoms with van der Waals surface area (Å²) in [5, 5.41) is 22.5. The van der Waals surface area contributed by atoms with E-state index in [9.17, 15) is 10.2 Å². The third-order valence-electron chi connectivity index (χ3n) is 9.79. The molecule has 0 fully saturated rings. The van der Waals surface area contributed by atoms with E-state index in [-0.39, 0.29) is 37.0 Å². The van der Waals surface area contributed by atoms with Crippen molar-refractivity contribution >= 4 is 18.4 Å². The number of hydrogen-bond donors (Lipinski definition) is 2. The van der Waals surface area contributed by atoms with Gasteiger partial charge < -0.3 is 10.2 Å². The minimum atomic E-state index is -1.49. The monoisotopic (exact) mass is 712 g/mol. The van der Waals surface area contributed by atoms with Crippen molar-refractivity contribution < 1.29 is 36.4 Å². The molecular formula is C42H58O2SiZr. The Morgan fingerprint density at radius 3 is 1.22 bits per heavy atom. The Labute approximate surface area is 300 Å². The Balaban J connectivity index is 0.000000200. The Hall–Kier alpha value is -2.16. The number of phenolic OH excluding ortho intramolecular Hbond substituents is 2. The molecule has 2 aliphatic carbocycles. The number of benzene rings is 2. The van der Waals surface area contributed by atoms with Gasteiger partial charge in [0.05, 0.1) is 8.07 Å². The molecule has 246 valence electrons. The number of aryl methyl sites for hydroxylation is 6. The molecule has 0 saturated carbocycles. The molecule has 4 heteroatoms. The number of aromatic hydroxyl groups is 2. The van der Waals surface area contributed by atoms with Crippen LogP contribution in [0.3, 0.4) is 0 Å². The van der Waals surface area contributed by atoms with Gasteiger partial charge in [0.25, 0.3) is 0 Å². The van der Waals surface area contributed by atoms with Crippen LogP contribution in [0.1, 0.15) is 112 Å². The molecule has 46 heavy (non-hydrogen) atoms. The topological polar surface area (TPSA) is 40.5 Å². The van der Waals surface area contributed by atoms with E-state index in [4.69, 9.17) is 0 Å². The van der Waals surface area contributed by atoms with Gasteiger partial charge in [-0.2, -0.15) is 44.8 Å². The second kappa shape index (κ2) is 15.4. The minimum absolute atomic E-state index is 0. The van der Waals surface area contributed by atoms with Gasteiger partial charge in [-0.25, -0.2) is 12.1 Å². The average Bonchev–Trinajstić information content (AvgIpc) is 3.61. The molecule has 6 rings (SSSR count). The van der Waals surface area contributed by atoms with Gasteiger partial charge in [0, 0.05) is 0 Å². The van der Waals surface area contributed by atoms with Crippen LogP contribution < -0.4 is 10.4 Å². The molecule has 0 heterocycles. The maximum atomic E-state index is 9.57. The van der Waals surface area contributed by atoms with Crippen molar-refractivity contribution in [1.29, 1.82) is 0 Å². The molecule has 0 aliphatic heterocycles. The Morgan fingerprint density at radius 2 is 0.913 bits per heavy atom. The first-order chi connectivity index (χ1) is 21.0. The van der Waals surface area contributed by atoms with Crippen LogP contribution >= 0.6 is 0 Å². The summed E-state index contributed by atoms with van der Waals surface area (Å²) in [6, 6.07) is 21.7. The molecular weight excluding hydrogens is 656 g/mol. The smallest absolute Gasteiger partial charge is 0.508 e. The van der Waals surface area contributed by atoms with Crippen LogP contribution in [0.5, 0.6) is 11.5 Å². The van der Waals surface area contributed by atoms with E-state index in [0.29, 0.717) is 11.5 Å². The number of hydrogen-bond acceptors (Lipinski definition) is 2. The van der Waals surface area contributed by atoms with Crippen LogP contribution in [0.2, 0.25) is 13.1 Å². The van der Waals surface area contributed by atoms with Gasteiger partial charge in [0.1, 0.15) is 11.5 Å². The summed E-state index contributed by atoms with van der Waals surface area (Å²) in [5.74, 6) is 0.793. The zero-order valence-electron chi connectivity index (χ0n) is 30.3. The van der Waals surface area contributed by atoms with Crippen LogP contribution in [0.25, 0.3) is 0 Å². The zero-order chi connectivity index (χ0) is 33.2. The van der Waals surface area contributed by atoms with E-state index >= 15 is 0 Å². The van der Waals surface area contributed by atoms with E-state index in [0.717, 1.165) is 11.1 Å². The Morgan fingerprint density at radius 1 is 0.565 bits per heavy atom. The molecule has 4 aromatic rings. The van der Waals surface area contributed by atoms with Crippen molar-refractivity contribution in [2.75, 3.05) is 0 Å². The second-order valence-corrected chi connectivity index (χ2v) is 20.6. The van der Waals surface area contributed by atoms with Crippen LogP contribution in [0.4, 0.5) is 0 Å². The molecule has 2 N–H and O–H groups in total. The van der Waals surface area contributed by atoms with Crippen LogP contribution in [0.15, 0.2) is 60.7 Å². The molecule has 0 atom stereocenters. The fraction of sp³-hybridized carbons (Fsp3) is 0.476. The van der Waals surface area contributed by atoms with Gasteiger partial charge in [0.15, 0.2) is 0 Å². The van der Waals surface area contributed by atoms with Crippen molar-refractivity contribution in [3.05, 3.63) is 105 Å². The van der Waals surface area contributed by atoms with Crippen molar-refractivity contribution in [3.8, 4) is 11.5 Å². The van der Waals surface area contributed by atoms with Gasteiger partial charge >= 0.3 is 26.2 Å². The molecule has 4 aromatic carbocycles. The Bertz CT molecular complexity index is 1420. The third kappa shape index (κ3) is 9.47.